The van der Waals surface area contributed by atoms with Crippen LogP contribution in [0.25, 0.3) is 0 Å². The lowest BCUT2D eigenvalue weighted by atomic mass is 10.0. The third-order valence-electron chi connectivity index (χ3n) is 20.7. The molecule has 0 heterocycles. The van der Waals surface area contributed by atoms with Gasteiger partial charge in [0.1, 0.15) is 13.2 Å². The van der Waals surface area contributed by atoms with E-state index in [0.717, 1.165) is 83.5 Å². The van der Waals surface area contributed by atoms with Gasteiger partial charge >= 0.3 is 17.9 Å². The Bertz CT molecular complexity index is 2010. The summed E-state index contributed by atoms with van der Waals surface area (Å²) in [7, 11) is 6.00. The minimum absolute atomic E-state index is 0.178. The highest BCUT2D eigenvalue weighted by molar-refractivity contribution is 5.71. The lowest BCUT2D eigenvalue weighted by Crippen LogP contribution is -2.40. The van der Waals surface area contributed by atoms with Crippen molar-refractivity contribution in [2.75, 3.05) is 47.5 Å². The predicted molar refractivity (Wildman–Crippen MR) is 456 cm³/mol. The molecule has 0 aromatic rings. The van der Waals surface area contributed by atoms with Crippen LogP contribution in [0.2, 0.25) is 0 Å². The maximum absolute atomic E-state index is 13.0. The minimum Gasteiger partial charge on any atom is -0.477 e. The summed E-state index contributed by atoms with van der Waals surface area (Å²) in [5, 5.41) is 9.80. The normalized spacial score (nSPS) is 13.0. The first-order chi connectivity index (χ1) is 51.6. The number of likely N-dealkylation sites (N-methyl/N-ethyl adjacent to an activating group) is 1. The summed E-state index contributed by atoms with van der Waals surface area (Å²) >= 11 is 0. The van der Waals surface area contributed by atoms with E-state index in [0.29, 0.717) is 17.4 Å². The average molecular weight is 1470 g/mol. The van der Waals surface area contributed by atoms with Crippen LogP contribution < -0.4 is 0 Å². The predicted octanol–water partition coefficient (Wildman–Crippen LogP) is 30.1. The number of hydrogen-bond donors (Lipinski definition) is 1. The molecule has 0 fully saturated rings. The number of carboxylic acids is 1. The molecule has 612 valence electrons. The molecule has 1 N–H and O–H groups in total. The molecule has 9 nitrogen and oxygen atoms in total. The van der Waals surface area contributed by atoms with Crippen molar-refractivity contribution in [2.24, 2.45) is 0 Å². The number of carbonyl (C=O) groups excluding carboxylic acids is 2. The first-order valence-electron chi connectivity index (χ1n) is 45.8. The van der Waals surface area contributed by atoms with E-state index in [4.69, 9.17) is 18.9 Å². The summed E-state index contributed by atoms with van der Waals surface area (Å²) in [4.78, 5) is 37.8. The lowest BCUT2D eigenvalue weighted by molar-refractivity contribution is -0.870. The highest BCUT2D eigenvalue weighted by Crippen LogP contribution is 2.21. The van der Waals surface area contributed by atoms with Gasteiger partial charge in [0.25, 0.3) is 6.29 Å². The summed E-state index contributed by atoms with van der Waals surface area (Å²) in [5.74, 6) is -1.98. The number of hydrogen-bond acceptors (Lipinski definition) is 7. The second-order valence-electron chi connectivity index (χ2n) is 32.2. The minimum atomic E-state index is -1.51. The van der Waals surface area contributed by atoms with Crippen LogP contribution >= 0.6 is 0 Å². The summed E-state index contributed by atoms with van der Waals surface area (Å²) in [5.41, 5.74) is 0. The molecule has 0 aliphatic rings. The largest absolute Gasteiger partial charge is 0.477 e. The molecule has 0 amide bonds. The summed E-state index contributed by atoms with van der Waals surface area (Å²) in [6.07, 6.45) is 117. The molecule has 0 aromatic heterocycles. The quantitative estimate of drug-likeness (QED) is 0.0211. The molecule has 0 aliphatic heterocycles. The number of ether oxygens (including phenoxy) is 4. The zero-order valence-electron chi connectivity index (χ0n) is 70.4. The number of rotatable bonds is 86. The zero-order chi connectivity index (χ0) is 76.0. The molecule has 0 aliphatic carbocycles. The first kappa shape index (κ1) is 101. The van der Waals surface area contributed by atoms with Gasteiger partial charge in [0.05, 0.1) is 34.4 Å². The van der Waals surface area contributed by atoms with Gasteiger partial charge < -0.3 is 28.5 Å². The molecule has 0 rings (SSSR count). The highest BCUT2D eigenvalue weighted by Gasteiger charge is 2.25. The van der Waals surface area contributed by atoms with Crippen LogP contribution in [0.1, 0.15) is 450 Å². The van der Waals surface area contributed by atoms with Gasteiger partial charge in [0.2, 0.25) is 0 Å². The van der Waals surface area contributed by atoms with Crippen LogP contribution in [-0.4, -0.2) is 87.4 Å². The van der Waals surface area contributed by atoms with Gasteiger partial charge in [-0.15, -0.1) is 0 Å². The molecule has 105 heavy (non-hydrogen) atoms. The van der Waals surface area contributed by atoms with Crippen molar-refractivity contribution in [3.8, 4) is 0 Å². The average Bonchev–Trinajstić information content (AvgIpc) is 1.97. The van der Waals surface area contributed by atoms with Gasteiger partial charge in [0, 0.05) is 12.8 Å². The molecule has 9 heteroatoms. The van der Waals surface area contributed by atoms with Crippen LogP contribution in [0.3, 0.4) is 0 Å². The highest BCUT2D eigenvalue weighted by atomic mass is 16.7. The van der Waals surface area contributed by atoms with E-state index in [-0.39, 0.29) is 38.2 Å². The van der Waals surface area contributed by atoms with E-state index in [2.05, 4.69) is 98.9 Å². The maximum atomic E-state index is 13.0. The van der Waals surface area contributed by atoms with Gasteiger partial charge in [-0.25, -0.2) is 4.79 Å². The lowest BCUT2D eigenvalue weighted by Gasteiger charge is -2.25. The Morgan fingerprint density at radius 1 is 0.295 bits per heavy atom. The molecule has 0 spiro atoms. The van der Waals surface area contributed by atoms with Gasteiger partial charge in [0.15, 0.2) is 6.10 Å². The van der Waals surface area contributed by atoms with E-state index in [1.165, 1.54) is 340 Å². The monoisotopic (exact) mass is 1470 g/mol. The summed E-state index contributed by atoms with van der Waals surface area (Å²) < 4.78 is 23.1. The first-order valence-corrected chi connectivity index (χ1v) is 45.8. The van der Waals surface area contributed by atoms with Crippen molar-refractivity contribution in [3.63, 3.8) is 0 Å². The van der Waals surface area contributed by atoms with E-state index >= 15 is 0 Å². The molecule has 0 bridgehead atoms. The van der Waals surface area contributed by atoms with Crippen molar-refractivity contribution in [1.82, 2.24) is 0 Å². The van der Waals surface area contributed by atoms with Crippen LogP contribution in [0.5, 0.6) is 0 Å². The van der Waals surface area contributed by atoms with Crippen molar-refractivity contribution >= 4 is 17.9 Å². The molecule has 0 aromatic carbocycles. The maximum Gasteiger partial charge on any atom is 0.361 e. The number of allylic oxidation sites excluding steroid dienone is 14. The molecule has 0 radical (unpaired) electrons. The van der Waals surface area contributed by atoms with Gasteiger partial charge in [-0.3, -0.25) is 9.59 Å². The number of carbonyl (C=O) groups is 3. The van der Waals surface area contributed by atoms with Gasteiger partial charge in [-0.2, -0.15) is 0 Å². The Kier molecular flexibility index (Phi) is 83.2. The van der Waals surface area contributed by atoms with Crippen LogP contribution in [0.4, 0.5) is 0 Å². The molecular formula is C96H176NO8+. The molecule has 0 saturated heterocycles. The van der Waals surface area contributed by atoms with E-state index in [1.54, 1.807) is 0 Å². The van der Waals surface area contributed by atoms with E-state index < -0.39 is 18.4 Å². The summed E-state index contributed by atoms with van der Waals surface area (Å²) in [6, 6.07) is 0. The Morgan fingerprint density at radius 3 is 0.810 bits per heavy atom. The molecule has 2 unspecified atom stereocenters. The van der Waals surface area contributed by atoms with Gasteiger partial charge in [-0.1, -0.05) is 452 Å². The third kappa shape index (κ3) is 87.6. The fourth-order valence-corrected chi connectivity index (χ4v) is 13.8. The van der Waals surface area contributed by atoms with Crippen LogP contribution in [0.15, 0.2) is 85.1 Å². The molecule has 0 saturated carbocycles. The van der Waals surface area contributed by atoms with Gasteiger partial charge in [-0.05, 0) is 70.6 Å². The zero-order valence-corrected chi connectivity index (χ0v) is 70.4. The fourth-order valence-electron chi connectivity index (χ4n) is 13.8. The Balaban J connectivity index is 3.91. The third-order valence-corrected chi connectivity index (χ3v) is 20.7. The number of carboxylic acid groups (broad SMARTS) is 1. The van der Waals surface area contributed by atoms with Crippen molar-refractivity contribution in [1.29, 1.82) is 0 Å². The molecular weight excluding hydrogens is 1300 g/mol. The smallest absolute Gasteiger partial charge is 0.361 e. The molecule has 2 atom stereocenters. The number of esters is 2. The van der Waals surface area contributed by atoms with Crippen molar-refractivity contribution in [3.05, 3.63) is 85.1 Å². The number of quaternary nitrogens is 1. The fraction of sp³-hybridized carbons (Fsp3) is 0.823. The van der Waals surface area contributed by atoms with E-state index in [9.17, 15) is 19.5 Å². The number of nitrogens with zero attached hydrogens (tertiary/aromatic N) is 1. The van der Waals surface area contributed by atoms with Crippen molar-refractivity contribution in [2.45, 2.75) is 463 Å². The summed E-state index contributed by atoms with van der Waals surface area (Å²) in [6.45, 7) is 4.84. The van der Waals surface area contributed by atoms with Crippen LogP contribution in [0, 0.1) is 0 Å². The Labute approximate surface area is 652 Å². The SMILES string of the molecule is CC/C=C\C/C=C\C/C=C\C/C=C\C/C=C\C/C=C\C/C=C\CCCCCCCCCCCCCCCCCCCC(=O)OC(COC(=O)CCCCCCCCCCCCCCCCCCCCCCCCCCCCCCCCCCCCCCCCCCC)COC(OCC[N+](C)(C)C)C(=O)O. The van der Waals surface area contributed by atoms with E-state index in [1.807, 2.05) is 21.1 Å². The van der Waals surface area contributed by atoms with Crippen LogP contribution in [-0.2, 0) is 33.3 Å². The van der Waals surface area contributed by atoms with Crippen molar-refractivity contribution < 1.29 is 42.9 Å². The Morgan fingerprint density at radius 2 is 0.543 bits per heavy atom. The second kappa shape index (κ2) is 86.1. The second-order valence-corrected chi connectivity index (χ2v) is 32.2. The standard InChI is InChI=1S/C96H175NO8/c1-6-8-10-12-14-16-18-20-22-24-26-28-30-32-34-36-38-40-42-44-46-47-49-50-52-54-56-58-60-62-64-66-68-70-72-74-76-78-80-82-84-86-93(98)103-90-92(91-104-96(95(100)101)102-89-88-97(3,4)5)105-94(99)87-85-83-81-79-77-75-73-71-69-67-65-63-61-59-57-55-53-51-48-45-43-41-39-37-35-33-31-29-27-25-23-21-19-17-15-13-11-9-7-2/h9,11,15,17,21,23,27,29,33,35,39,41,45,48,92,96H,6-8,10,12-14,16,18-20,22,24-26,28,30-32,34,36-38,40,42-44,46-47,49-91H2,1-5H3/p+1/b11-9-,17-15-,23-21-,29-27-,35-33-,41-39-,48-45-. The Hall–Kier alpha value is -3.53. The number of unbranched alkanes of at least 4 members (excludes halogenated alkanes) is 57. The topological polar surface area (TPSA) is 108 Å². The number of aliphatic carboxylic acids is 1.